The van der Waals surface area contributed by atoms with E-state index >= 15 is 0 Å². The first-order valence-corrected chi connectivity index (χ1v) is 9.02. The average molecular weight is 344 g/mol. The molecule has 7 nitrogen and oxygen atoms in total. The molecule has 0 bridgehead atoms. The molecule has 1 fully saturated rings. The fourth-order valence-electron chi connectivity index (χ4n) is 3.78. The summed E-state index contributed by atoms with van der Waals surface area (Å²) in [4.78, 5) is 18.7. The van der Waals surface area contributed by atoms with E-state index in [1.807, 2.05) is 10.7 Å². The molecule has 1 amide bonds. The van der Waals surface area contributed by atoms with Gasteiger partial charge in [-0.3, -0.25) is 9.48 Å². The second-order valence-corrected chi connectivity index (χ2v) is 7.06. The van der Waals surface area contributed by atoms with Crippen LogP contribution in [0.3, 0.4) is 0 Å². The Kier molecular flexibility index (Phi) is 4.57. The molecule has 0 N–H and O–H groups in total. The molecule has 2 aliphatic rings. The highest BCUT2D eigenvalue weighted by Crippen LogP contribution is 2.26. The van der Waals surface area contributed by atoms with Gasteiger partial charge in [-0.1, -0.05) is 12.8 Å². The average Bonchev–Trinajstić information content (AvgIpc) is 3.33. The summed E-state index contributed by atoms with van der Waals surface area (Å²) >= 11 is 0. The lowest BCUT2D eigenvalue weighted by Gasteiger charge is -2.24. The van der Waals surface area contributed by atoms with Gasteiger partial charge in [0, 0.05) is 19.3 Å². The molecule has 3 heterocycles. The van der Waals surface area contributed by atoms with Crippen molar-refractivity contribution in [2.45, 2.75) is 51.8 Å². The van der Waals surface area contributed by atoms with E-state index in [9.17, 15) is 4.79 Å². The van der Waals surface area contributed by atoms with Crippen LogP contribution >= 0.6 is 0 Å². The number of hydrogen-bond acceptors (Lipinski definition) is 5. The molecule has 1 aliphatic heterocycles. The van der Waals surface area contributed by atoms with E-state index in [0.717, 1.165) is 12.3 Å². The molecule has 1 atom stereocenters. The summed E-state index contributed by atoms with van der Waals surface area (Å²) in [5, 5.41) is 4.38. The topological polar surface area (TPSA) is 73.4 Å². The van der Waals surface area contributed by atoms with E-state index in [0.29, 0.717) is 37.0 Å². The number of nitrogens with zero attached hydrogens (tertiary/aromatic N) is 4. The Balaban J connectivity index is 1.50. The molecular formula is C18H24N4O3. The molecule has 2 aromatic rings. The molecule has 25 heavy (non-hydrogen) atoms. The van der Waals surface area contributed by atoms with Crippen LogP contribution in [0, 0.1) is 12.8 Å². The number of rotatable bonds is 4. The van der Waals surface area contributed by atoms with Gasteiger partial charge in [0.15, 0.2) is 6.39 Å². The van der Waals surface area contributed by atoms with Crippen LogP contribution in [0.2, 0.25) is 0 Å². The van der Waals surface area contributed by atoms with Gasteiger partial charge in [-0.15, -0.1) is 0 Å². The van der Waals surface area contributed by atoms with E-state index in [-0.39, 0.29) is 12.0 Å². The van der Waals surface area contributed by atoms with Crippen LogP contribution in [0.15, 0.2) is 23.1 Å². The van der Waals surface area contributed by atoms with E-state index in [1.54, 1.807) is 18.0 Å². The van der Waals surface area contributed by atoms with Gasteiger partial charge >= 0.3 is 0 Å². The first-order chi connectivity index (χ1) is 12.2. The third kappa shape index (κ3) is 3.46. The zero-order valence-corrected chi connectivity index (χ0v) is 14.6. The molecule has 7 heteroatoms. The van der Waals surface area contributed by atoms with Gasteiger partial charge in [0.05, 0.1) is 30.6 Å². The highest BCUT2D eigenvalue weighted by Gasteiger charge is 2.30. The van der Waals surface area contributed by atoms with Crippen LogP contribution in [0.25, 0.3) is 0 Å². The molecule has 0 radical (unpaired) electrons. The number of amides is 1. The minimum atomic E-state index is -0.140. The van der Waals surface area contributed by atoms with Crippen molar-refractivity contribution in [1.82, 2.24) is 19.7 Å². The number of hydrogen-bond donors (Lipinski definition) is 0. The quantitative estimate of drug-likeness (QED) is 0.851. The van der Waals surface area contributed by atoms with E-state index in [2.05, 4.69) is 10.1 Å². The highest BCUT2D eigenvalue weighted by atomic mass is 16.5. The number of aromatic nitrogens is 3. The molecule has 0 aromatic carbocycles. The maximum Gasteiger partial charge on any atom is 0.292 e. The minimum Gasteiger partial charge on any atom is -0.438 e. The monoisotopic (exact) mass is 344 g/mol. The Morgan fingerprint density at radius 3 is 2.96 bits per heavy atom. The molecule has 1 aliphatic carbocycles. The van der Waals surface area contributed by atoms with Crippen molar-refractivity contribution in [2.75, 3.05) is 13.2 Å². The summed E-state index contributed by atoms with van der Waals surface area (Å²) in [6, 6.07) is 1.95. The number of oxazole rings is 1. The van der Waals surface area contributed by atoms with Crippen molar-refractivity contribution < 1.29 is 13.9 Å². The summed E-state index contributed by atoms with van der Waals surface area (Å²) in [6.07, 6.45) is 8.14. The van der Waals surface area contributed by atoms with Crippen molar-refractivity contribution in [3.63, 3.8) is 0 Å². The zero-order chi connectivity index (χ0) is 17.2. The summed E-state index contributed by atoms with van der Waals surface area (Å²) < 4.78 is 13.4. The molecule has 2 aromatic heterocycles. The van der Waals surface area contributed by atoms with Gasteiger partial charge in [0.25, 0.3) is 5.91 Å². The lowest BCUT2D eigenvalue weighted by molar-refractivity contribution is 0.00228. The SMILES string of the molecule is Cc1ncoc1C(=O)N1Cc2ccnn2C[C@H](OCC2CCCC2)C1. The van der Waals surface area contributed by atoms with Crippen LogP contribution in [0.5, 0.6) is 0 Å². The fourth-order valence-corrected chi connectivity index (χ4v) is 3.78. The maximum atomic E-state index is 12.9. The van der Waals surface area contributed by atoms with Gasteiger partial charge < -0.3 is 14.1 Å². The van der Waals surface area contributed by atoms with Crippen molar-refractivity contribution >= 4 is 5.91 Å². The first-order valence-electron chi connectivity index (χ1n) is 9.02. The number of carbonyl (C=O) groups excluding carboxylic acids is 1. The van der Waals surface area contributed by atoms with Gasteiger partial charge in [-0.25, -0.2) is 4.98 Å². The lowest BCUT2D eigenvalue weighted by Crippen LogP contribution is -2.38. The predicted octanol–water partition coefficient (Wildman–Crippen LogP) is 2.41. The van der Waals surface area contributed by atoms with Crippen molar-refractivity contribution in [1.29, 1.82) is 0 Å². The fraction of sp³-hybridized carbons (Fsp3) is 0.611. The minimum absolute atomic E-state index is 0.0612. The molecule has 0 spiro atoms. The third-order valence-corrected chi connectivity index (χ3v) is 5.23. The standard InChI is InChI=1S/C18H24N4O3/c1-13-17(25-12-19-13)18(23)21-8-15-6-7-20-22(15)10-16(9-21)24-11-14-4-2-3-5-14/h6-7,12,14,16H,2-5,8-11H2,1H3/t16-/m1/s1. The zero-order valence-electron chi connectivity index (χ0n) is 14.6. The smallest absolute Gasteiger partial charge is 0.292 e. The van der Waals surface area contributed by atoms with E-state index in [1.165, 1.54) is 32.1 Å². The molecule has 0 saturated heterocycles. The Morgan fingerprint density at radius 2 is 2.20 bits per heavy atom. The Morgan fingerprint density at radius 1 is 1.36 bits per heavy atom. The Labute approximate surface area is 147 Å². The van der Waals surface area contributed by atoms with E-state index in [4.69, 9.17) is 9.15 Å². The summed E-state index contributed by atoms with van der Waals surface area (Å²) in [5.41, 5.74) is 1.63. The molecule has 0 unspecified atom stereocenters. The molecule has 4 rings (SSSR count). The predicted molar refractivity (Wildman–Crippen MR) is 89.9 cm³/mol. The molecular weight excluding hydrogens is 320 g/mol. The van der Waals surface area contributed by atoms with E-state index < -0.39 is 0 Å². The second kappa shape index (κ2) is 7.00. The molecule has 1 saturated carbocycles. The Hall–Kier alpha value is -2.15. The maximum absolute atomic E-state index is 12.9. The summed E-state index contributed by atoms with van der Waals surface area (Å²) in [6.45, 7) is 4.27. The highest BCUT2D eigenvalue weighted by molar-refractivity contribution is 5.92. The number of fused-ring (bicyclic) bond motifs is 1. The summed E-state index contributed by atoms with van der Waals surface area (Å²) in [5.74, 6) is 0.822. The number of aryl methyl sites for hydroxylation is 1. The van der Waals surface area contributed by atoms with Crippen LogP contribution in [-0.2, 0) is 17.8 Å². The van der Waals surface area contributed by atoms with Crippen molar-refractivity contribution in [3.8, 4) is 0 Å². The van der Waals surface area contributed by atoms with Crippen molar-refractivity contribution in [2.24, 2.45) is 5.92 Å². The van der Waals surface area contributed by atoms with Crippen molar-refractivity contribution in [3.05, 3.63) is 35.8 Å². The number of ether oxygens (including phenoxy) is 1. The number of carbonyl (C=O) groups is 1. The van der Waals surface area contributed by atoms with Crippen LogP contribution in [0.1, 0.15) is 47.6 Å². The van der Waals surface area contributed by atoms with Crippen LogP contribution in [0.4, 0.5) is 0 Å². The van der Waals surface area contributed by atoms with Crippen LogP contribution in [-0.4, -0.2) is 44.8 Å². The molecule has 134 valence electrons. The normalized spacial score (nSPS) is 21.3. The van der Waals surface area contributed by atoms with Crippen LogP contribution < -0.4 is 0 Å². The summed E-state index contributed by atoms with van der Waals surface area (Å²) in [7, 11) is 0. The van der Waals surface area contributed by atoms with Gasteiger partial charge in [0.2, 0.25) is 5.76 Å². The second-order valence-electron chi connectivity index (χ2n) is 7.06. The van der Waals surface area contributed by atoms with Gasteiger partial charge in [-0.2, -0.15) is 5.10 Å². The Bertz CT molecular complexity index is 732. The third-order valence-electron chi connectivity index (χ3n) is 5.23. The van der Waals surface area contributed by atoms with Gasteiger partial charge in [-0.05, 0) is 31.7 Å². The largest absolute Gasteiger partial charge is 0.438 e. The lowest BCUT2D eigenvalue weighted by atomic mass is 10.1. The van der Waals surface area contributed by atoms with Gasteiger partial charge in [0.1, 0.15) is 0 Å². The first kappa shape index (κ1) is 16.3.